The number of nitrogens with zero attached hydrogens (tertiary/aromatic N) is 4. The third-order valence-corrected chi connectivity index (χ3v) is 4.24. The standard InChI is InChI=1S/C15H23N5O/c1-3-16-13-7-5-4-6-11(13)8-14-18-15(19-21-14)12-9-17-20(2)10-12/h9-11,13,16H,3-8H2,1-2H3. The Kier molecular flexibility index (Phi) is 4.34. The van der Waals surface area contributed by atoms with E-state index >= 15 is 0 Å². The van der Waals surface area contributed by atoms with Crippen molar-refractivity contribution in [1.29, 1.82) is 0 Å². The van der Waals surface area contributed by atoms with Gasteiger partial charge in [0.2, 0.25) is 11.7 Å². The molecular formula is C15H23N5O. The van der Waals surface area contributed by atoms with Gasteiger partial charge in [-0.1, -0.05) is 24.9 Å². The minimum atomic E-state index is 0.581. The molecule has 0 aliphatic heterocycles. The molecule has 1 aliphatic rings. The highest BCUT2D eigenvalue weighted by Crippen LogP contribution is 2.27. The van der Waals surface area contributed by atoms with E-state index in [0.29, 0.717) is 17.8 Å². The van der Waals surface area contributed by atoms with Gasteiger partial charge in [-0.05, 0) is 25.3 Å². The number of aryl methyl sites for hydroxylation is 1. The van der Waals surface area contributed by atoms with Gasteiger partial charge in [-0.25, -0.2) is 0 Å². The van der Waals surface area contributed by atoms with Crippen LogP contribution in [-0.4, -0.2) is 32.5 Å². The normalized spacial score (nSPS) is 22.6. The Morgan fingerprint density at radius 2 is 2.24 bits per heavy atom. The molecule has 0 bridgehead atoms. The van der Waals surface area contributed by atoms with Crippen LogP contribution in [0.25, 0.3) is 11.4 Å². The first-order valence-electron chi connectivity index (χ1n) is 7.81. The Morgan fingerprint density at radius 1 is 1.38 bits per heavy atom. The molecule has 0 spiro atoms. The summed E-state index contributed by atoms with van der Waals surface area (Å²) in [4.78, 5) is 4.52. The molecule has 2 unspecified atom stereocenters. The SMILES string of the molecule is CCNC1CCCCC1Cc1nc(-c2cnn(C)c2)no1. The molecule has 114 valence electrons. The molecule has 21 heavy (non-hydrogen) atoms. The summed E-state index contributed by atoms with van der Waals surface area (Å²) >= 11 is 0. The molecule has 3 rings (SSSR count). The summed E-state index contributed by atoms with van der Waals surface area (Å²) in [5.41, 5.74) is 0.902. The Hall–Kier alpha value is -1.69. The third kappa shape index (κ3) is 3.32. The molecule has 0 amide bonds. The second-order valence-corrected chi connectivity index (χ2v) is 5.83. The van der Waals surface area contributed by atoms with Crippen LogP contribution < -0.4 is 5.32 Å². The van der Waals surface area contributed by atoms with Gasteiger partial charge in [0, 0.05) is 25.7 Å². The summed E-state index contributed by atoms with van der Waals surface area (Å²) in [5.74, 6) is 1.97. The fourth-order valence-electron chi connectivity index (χ4n) is 3.20. The van der Waals surface area contributed by atoms with E-state index in [4.69, 9.17) is 4.52 Å². The first-order chi connectivity index (χ1) is 10.3. The number of hydrogen-bond acceptors (Lipinski definition) is 5. The fraction of sp³-hybridized carbons (Fsp3) is 0.667. The van der Waals surface area contributed by atoms with E-state index in [9.17, 15) is 0 Å². The fourth-order valence-corrected chi connectivity index (χ4v) is 3.20. The van der Waals surface area contributed by atoms with Crippen LogP contribution >= 0.6 is 0 Å². The molecule has 6 heteroatoms. The topological polar surface area (TPSA) is 68.8 Å². The average molecular weight is 289 g/mol. The lowest BCUT2D eigenvalue weighted by atomic mass is 9.82. The second kappa shape index (κ2) is 6.39. The molecule has 0 aromatic carbocycles. The highest BCUT2D eigenvalue weighted by Gasteiger charge is 2.26. The van der Waals surface area contributed by atoms with Crippen LogP contribution in [0.15, 0.2) is 16.9 Å². The monoisotopic (exact) mass is 289 g/mol. The van der Waals surface area contributed by atoms with Crippen molar-refractivity contribution in [3.8, 4) is 11.4 Å². The van der Waals surface area contributed by atoms with E-state index in [1.54, 1.807) is 10.9 Å². The van der Waals surface area contributed by atoms with Crippen LogP contribution in [0, 0.1) is 5.92 Å². The van der Waals surface area contributed by atoms with Gasteiger partial charge in [0.15, 0.2) is 0 Å². The van der Waals surface area contributed by atoms with Gasteiger partial charge in [-0.2, -0.15) is 10.1 Å². The molecule has 2 aromatic heterocycles. The zero-order valence-electron chi connectivity index (χ0n) is 12.7. The quantitative estimate of drug-likeness (QED) is 0.913. The predicted molar refractivity (Wildman–Crippen MR) is 79.6 cm³/mol. The van der Waals surface area contributed by atoms with Gasteiger partial charge in [0.05, 0.1) is 11.8 Å². The molecule has 0 saturated heterocycles. The first-order valence-corrected chi connectivity index (χ1v) is 7.81. The number of hydrogen-bond donors (Lipinski definition) is 1. The third-order valence-electron chi connectivity index (χ3n) is 4.24. The highest BCUT2D eigenvalue weighted by atomic mass is 16.5. The van der Waals surface area contributed by atoms with Crippen LogP contribution in [0.2, 0.25) is 0 Å². The van der Waals surface area contributed by atoms with Crippen LogP contribution in [0.3, 0.4) is 0 Å². The number of nitrogens with one attached hydrogen (secondary N) is 1. The van der Waals surface area contributed by atoms with Gasteiger partial charge < -0.3 is 9.84 Å². The van der Waals surface area contributed by atoms with Crippen LogP contribution in [-0.2, 0) is 13.5 Å². The largest absolute Gasteiger partial charge is 0.339 e. The maximum absolute atomic E-state index is 5.43. The summed E-state index contributed by atoms with van der Waals surface area (Å²) < 4.78 is 7.18. The van der Waals surface area contributed by atoms with Crippen molar-refractivity contribution in [3.05, 3.63) is 18.3 Å². The van der Waals surface area contributed by atoms with Crippen molar-refractivity contribution in [2.24, 2.45) is 13.0 Å². The lowest BCUT2D eigenvalue weighted by molar-refractivity contribution is 0.242. The smallest absolute Gasteiger partial charge is 0.227 e. The Bertz CT molecular complexity index is 574. The lowest BCUT2D eigenvalue weighted by Gasteiger charge is -2.31. The summed E-state index contributed by atoms with van der Waals surface area (Å²) in [6, 6.07) is 0.581. The summed E-state index contributed by atoms with van der Waals surface area (Å²) in [7, 11) is 1.88. The Morgan fingerprint density at radius 3 is 3.00 bits per heavy atom. The molecule has 1 N–H and O–H groups in total. The van der Waals surface area contributed by atoms with Crippen molar-refractivity contribution in [2.45, 2.75) is 45.1 Å². The number of rotatable bonds is 5. The Balaban J connectivity index is 1.68. The van der Waals surface area contributed by atoms with E-state index in [-0.39, 0.29) is 0 Å². The molecule has 2 atom stereocenters. The molecule has 1 saturated carbocycles. The summed E-state index contributed by atoms with van der Waals surface area (Å²) in [5, 5.41) is 11.8. The van der Waals surface area contributed by atoms with Gasteiger partial charge in [-0.15, -0.1) is 0 Å². The predicted octanol–water partition coefficient (Wildman–Crippen LogP) is 2.18. The maximum Gasteiger partial charge on any atom is 0.227 e. The minimum Gasteiger partial charge on any atom is -0.339 e. The molecule has 0 radical (unpaired) electrons. The lowest BCUT2D eigenvalue weighted by Crippen LogP contribution is -2.39. The van der Waals surface area contributed by atoms with Crippen molar-refractivity contribution in [2.75, 3.05) is 6.54 Å². The van der Waals surface area contributed by atoms with Gasteiger partial charge in [0.1, 0.15) is 0 Å². The average Bonchev–Trinajstić information content (AvgIpc) is 3.10. The highest BCUT2D eigenvalue weighted by molar-refractivity contribution is 5.50. The van der Waals surface area contributed by atoms with Crippen LogP contribution in [0.1, 0.15) is 38.5 Å². The maximum atomic E-state index is 5.43. The van der Waals surface area contributed by atoms with Gasteiger partial charge in [-0.3, -0.25) is 4.68 Å². The molecule has 2 aromatic rings. The molecule has 1 fully saturated rings. The van der Waals surface area contributed by atoms with E-state index < -0.39 is 0 Å². The van der Waals surface area contributed by atoms with Gasteiger partial charge >= 0.3 is 0 Å². The molecular weight excluding hydrogens is 266 g/mol. The zero-order chi connectivity index (χ0) is 14.7. The summed E-state index contributed by atoms with van der Waals surface area (Å²) in [6.07, 6.45) is 9.64. The first kappa shape index (κ1) is 14.3. The van der Waals surface area contributed by atoms with Crippen molar-refractivity contribution in [3.63, 3.8) is 0 Å². The van der Waals surface area contributed by atoms with Gasteiger partial charge in [0.25, 0.3) is 0 Å². The van der Waals surface area contributed by atoms with E-state index in [0.717, 1.165) is 24.4 Å². The summed E-state index contributed by atoms with van der Waals surface area (Å²) in [6.45, 7) is 3.19. The molecule has 2 heterocycles. The van der Waals surface area contributed by atoms with Crippen molar-refractivity contribution >= 4 is 0 Å². The van der Waals surface area contributed by atoms with Crippen molar-refractivity contribution < 1.29 is 4.52 Å². The van der Waals surface area contributed by atoms with Crippen LogP contribution in [0.4, 0.5) is 0 Å². The molecule has 6 nitrogen and oxygen atoms in total. The number of aromatic nitrogens is 4. The van der Waals surface area contributed by atoms with Crippen molar-refractivity contribution in [1.82, 2.24) is 25.2 Å². The Labute approximate surface area is 124 Å². The zero-order valence-corrected chi connectivity index (χ0v) is 12.7. The molecule has 1 aliphatic carbocycles. The van der Waals surface area contributed by atoms with Crippen LogP contribution in [0.5, 0.6) is 0 Å². The van der Waals surface area contributed by atoms with E-state index in [1.165, 1.54) is 25.7 Å². The van der Waals surface area contributed by atoms with E-state index in [2.05, 4.69) is 27.5 Å². The minimum absolute atomic E-state index is 0.581. The van der Waals surface area contributed by atoms with E-state index in [1.807, 2.05) is 13.2 Å². The second-order valence-electron chi connectivity index (χ2n) is 5.83.